The maximum absolute atomic E-state index is 13.0. The van der Waals surface area contributed by atoms with E-state index in [0.29, 0.717) is 0 Å². The highest BCUT2D eigenvalue weighted by Crippen LogP contribution is 2.33. The zero-order valence-corrected chi connectivity index (χ0v) is 14.0. The molecule has 7 nitrogen and oxygen atoms in total. The summed E-state index contributed by atoms with van der Waals surface area (Å²) < 4.78 is 40.3. The Hall–Kier alpha value is -3.04. The van der Waals surface area contributed by atoms with Crippen LogP contribution in [0.1, 0.15) is 12.5 Å². The van der Waals surface area contributed by atoms with Crippen LogP contribution in [0.5, 0.6) is 0 Å². The fraction of sp³-hybridized carbons (Fsp3) is 0.312. The van der Waals surface area contributed by atoms with Gasteiger partial charge in [0.15, 0.2) is 0 Å². The van der Waals surface area contributed by atoms with Gasteiger partial charge in [-0.25, -0.2) is 9.48 Å². The number of nitrogens with zero attached hydrogens (tertiary/aromatic N) is 3. The molecule has 2 amide bonds. The van der Waals surface area contributed by atoms with Crippen molar-refractivity contribution in [2.75, 3.05) is 18.9 Å². The van der Waals surface area contributed by atoms with Crippen LogP contribution >= 0.6 is 0 Å². The highest BCUT2D eigenvalue weighted by atomic mass is 19.4. The number of aliphatic carboxylic acids is 1. The summed E-state index contributed by atoms with van der Waals surface area (Å²) in [5.74, 6) is -1.90. The lowest BCUT2D eigenvalue weighted by molar-refractivity contribution is -0.141. The first-order valence-corrected chi connectivity index (χ1v) is 7.55. The number of hydrogen-bond donors (Lipinski definition) is 2. The number of halogens is 3. The van der Waals surface area contributed by atoms with E-state index in [0.717, 1.165) is 17.0 Å². The second-order valence-electron chi connectivity index (χ2n) is 5.73. The van der Waals surface area contributed by atoms with Crippen LogP contribution in [-0.4, -0.2) is 45.4 Å². The fourth-order valence-corrected chi connectivity index (χ4v) is 2.21. The van der Waals surface area contributed by atoms with Crippen molar-refractivity contribution in [2.24, 2.45) is 5.92 Å². The molecule has 0 spiro atoms. The van der Waals surface area contributed by atoms with E-state index in [1.54, 1.807) is 6.07 Å². The second-order valence-corrected chi connectivity index (χ2v) is 5.73. The number of urea groups is 1. The molecule has 0 fully saturated rings. The third-order valence-corrected chi connectivity index (χ3v) is 3.63. The van der Waals surface area contributed by atoms with Crippen molar-refractivity contribution in [3.05, 3.63) is 42.2 Å². The molecule has 0 aliphatic rings. The fourth-order valence-electron chi connectivity index (χ4n) is 2.21. The van der Waals surface area contributed by atoms with Crippen LogP contribution in [0, 0.1) is 5.92 Å². The third kappa shape index (κ3) is 4.52. The van der Waals surface area contributed by atoms with E-state index in [9.17, 15) is 22.8 Å². The Labute approximate surface area is 147 Å². The average Bonchev–Trinajstić information content (AvgIpc) is 3.07. The minimum absolute atomic E-state index is 0.0941. The van der Waals surface area contributed by atoms with Crippen molar-refractivity contribution < 1.29 is 27.9 Å². The molecule has 0 aliphatic heterocycles. The maximum atomic E-state index is 13.0. The first kappa shape index (κ1) is 19.3. The van der Waals surface area contributed by atoms with Crippen molar-refractivity contribution in [1.29, 1.82) is 0 Å². The first-order chi connectivity index (χ1) is 12.1. The van der Waals surface area contributed by atoms with Gasteiger partial charge >= 0.3 is 18.2 Å². The van der Waals surface area contributed by atoms with Gasteiger partial charge < -0.3 is 15.3 Å². The molecule has 2 N–H and O–H groups in total. The van der Waals surface area contributed by atoms with Crippen LogP contribution in [0.2, 0.25) is 0 Å². The molecule has 1 atom stereocenters. The number of carbonyl (C=O) groups is 2. The summed E-state index contributed by atoms with van der Waals surface area (Å²) >= 11 is 0. The van der Waals surface area contributed by atoms with Crippen molar-refractivity contribution in [1.82, 2.24) is 14.7 Å². The molecule has 0 bridgehead atoms. The normalized spacial score (nSPS) is 12.5. The predicted octanol–water partition coefficient (Wildman–Crippen LogP) is 3.08. The summed E-state index contributed by atoms with van der Waals surface area (Å²) in [6.07, 6.45) is -1.61. The number of carboxylic acid groups (broad SMARTS) is 1. The summed E-state index contributed by atoms with van der Waals surface area (Å²) in [6.45, 7) is 1.32. The number of nitrogens with one attached hydrogen (secondary N) is 1. The van der Waals surface area contributed by atoms with Crippen LogP contribution in [0.15, 0.2) is 36.7 Å². The van der Waals surface area contributed by atoms with E-state index in [1.807, 2.05) is 0 Å². The first-order valence-electron chi connectivity index (χ1n) is 7.55. The largest absolute Gasteiger partial charge is 0.481 e. The van der Waals surface area contributed by atoms with E-state index in [4.69, 9.17) is 5.11 Å². The van der Waals surface area contributed by atoms with Crippen LogP contribution in [0.3, 0.4) is 0 Å². The van der Waals surface area contributed by atoms with Gasteiger partial charge in [0.05, 0.1) is 22.9 Å². The molecule has 1 unspecified atom stereocenters. The van der Waals surface area contributed by atoms with E-state index >= 15 is 0 Å². The Balaban J connectivity index is 2.30. The van der Waals surface area contributed by atoms with E-state index in [1.165, 1.54) is 37.1 Å². The predicted molar refractivity (Wildman–Crippen MR) is 87.0 cm³/mol. The number of aromatic nitrogens is 2. The standard InChI is InChI=1S/C16H17F3N4O3/c1-10(14(24)25)9-22(2)15(26)21-12-8-11(16(17,18)19)4-5-13(12)23-7-3-6-20-23/h3-8,10H,9H2,1-2H3,(H,21,26)(H,24,25). The van der Waals surface area contributed by atoms with Gasteiger partial charge in [-0.05, 0) is 24.3 Å². The molecule has 0 aliphatic carbocycles. The molecule has 1 heterocycles. The van der Waals surface area contributed by atoms with Crippen LogP contribution in [0.4, 0.5) is 23.7 Å². The van der Waals surface area contributed by atoms with E-state index in [2.05, 4.69) is 10.4 Å². The molecule has 1 aromatic carbocycles. The van der Waals surface area contributed by atoms with Crippen LogP contribution in [-0.2, 0) is 11.0 Å². The Bertz CT molecular complexity index is 791. The minimum Gasteiger partial charge on any atom is -0.481 e. The second kappa shape index (κ2) is 7.46. The lowest BCUT2D eigenvalue weighted by Crippen LogP contribution is -2.36. The number of hydrogen-bond acceptors (Lipinski definition) is 3. The number of carbonyl (C=O) groups excluding carboxylic acids is 1. The smallest absolute Gasteiger partial charge is 0.416 e. The topological polar surface area (TPSA) is 87.5 Å². The summed E-state index contributed by atoms with van der Waals surface area (Å²) in [5.41, 5.74) is -0.773. The Morgan fingerprint density at radius 3 is 2.62 bits per heavy atom. The van der Waals surface area contributed by atoms with Crippen molar-refractivity contribution in [3.63, 3.8) is 0 Å². The molecule has 2 rings (SSSR count). The maximum Gasteiger partial charge on any atom is 0.416 e. The van der Waals surface area contributed by atoms with E-state index < -0.39 is 29.7 Å². The van der Waals surface area contributed by atoms with Crippen LogP contribution < -0.4 is 5.32 Å². The number of alkyl halides is 3. The molecule has 2 aromatic rings. The zero-order chi connectivity index (χ0) is 19.5. The molecular weight excluding hydrogens is 353 g/mol. The molecular formula is C16H17F3N4O3. The number of anilines is 1. The summed E-state index contributed by atoms with van der Waals surface area (Å²) in [5, 5.41) is 15.2. The highest BCUT2D eigenvalue weighted by molar-refractivity contribution is 5.91. The average molecular weight is 370 g/mol. The number of carboxylic acids is 1. The molecule has 140 valence electrons. The van der Waals surface area contributed by atoms with Crippen molar-refractivity contribution >= 4 is 17.7 Å². The van der Waals surface area contributed by atoms with Gasteiger partial charge in [-0.15, -0.1) is 0 Å². The van der Waals surface area contributed by atoms with Gasteiger partial charge in [0.25, 0.3) is 0 Å². The van der Waals surface area contributed by atoms with Gasteiger partial charge in [-0.1, -0.05) is 6.92 Å². The summed E-state index contributed by atoms with van der Waals surface area (Å²) in [6, 6.07) is 3.76. The number of amides is 2. The molecule has 1 aromatic heterocycles. The Morgan fingerprint density at radius 1 is 1.38 bits per heavy atom. The Kier molecular flexibility index (Phi) is 5.53. The molecule has 26 heavy (non-hydrogen) atoms. The SMILES string of the molecule is CC(CN(C)C(=O)Nc1cc(C(F)(F)F)ccc1-n1cccn1)C(=O)O. The number of benzene rings is 1. The number of rotatable bonds is 5. The van der Waals surface area contributed by atoms with E-state index in [-0.39, 0.29) is 17.9 Å². The van der Waals surface area contributed by atoms with Crippen LogP contribution in [0.25, 0.3) is 5.69 Å². The molecule has 10 heteroatoms. The molecule has 0 saturated carbocycles. The van der Waals surface area contributed by atoms with Gasteiger partial charge in [-0.2, -0.15) is 18.3 Å². The third-order valence-electron chi connectivity index (χ3n) is 3.63. The zero-order valence-electron chi connectivity index (χ0n) is 14.0. The summed E-state index contributed by atoms with van der Waals surface area (Å²) in [4.78, 5) is 24.2. The molecule has 0 saturated heterocycles. The molecule has 0 radical (unpaired) electrons. The van der Waals surface area contributed by atoms with Gasteiger partial charge in [-0.3, -0.25) is 4.79 Å². The highest BCUT2D eigenvalue weighted by Gasteiger charge is 2.31. The lowest BCUT2D eigenvalue weighted by Gasteiger charge is -2.21. The monoisotopic (exact) mass is 370 g/mol. The summed E-state index contributed by atoms with van der Waals surface area (Å²) in [7, 11) is 1.36. The van der Waals surface area contributed by atoms with Gasteiger partial charge in [0, 0.05) is 26.0 Å². The van der Waals surface area contributed by atoms with Crippen molar-refractivity contribution in [3.8, 4) is 5.69 Å². The lowest BCUT2D eigenvalue weighted by atomic mass is 10.1. The Morgan fingerprint density at radius 2 is 2.08 bits per heavy atom. The van der Waals surface area contributed by atoms with Gasteiger partial charge in [0.1, 0.15) is 0 Å². The van der Waals surface area contributed by atoms with Gasteiger partial charge in [0.2, 0.25) is 0 Å². The quantitative estimate of drug-likeness (QED) is 0.847. The van der Waals surface area contributed by atoms with Crippen molar-refractivity contribution in [2.45, 2.75) is 13.1 Å². The minimum atomic E-state index is -4.58.